The second kappa shape index (κ2) is 2.20. The maximum atomic E-state index is 5.72. The Morgan fingerprint density at radius 3 is 2.83 bits per heavy atom. The smallest absolute Gasteiger partial charge is 0.177 e. The summed E-state index contributed by atoms with van der Waals surface area (Å²) >= 11 is 0. The highest BCUT2D eigenvalue weighted by Gasteiger charge is 2.06. The van der Waals surface area contributed by atoms with E-state index in [1.165, 1.54) is 0 Å². The average Bonchev–Trinajstić information content (AvgIpc) is 2.32. The number of hydrogen-bond acceptors (Lipinski definition) is 3. The van der Waals surface area contributed by atoms with Crippen molar-refractivity contribution >= 4 is 11.3 Å². The fourth-order valence-electron chi connectivity index (χ4n) is 1.18. The molecule has 0 fully saturated rings. The van der Waals surface area contributed by atoms with Gasteiger partial charge in [-0.3, -0.25) is 0 Å². The number of anilines is 1. The summed E-state index contributed by atoms with van der Waals surface area (Å²) in [6, 6.07) is 1.75. The first-order valence-corrected chi connectivity index (χ1v) is 3.76. The summed E-state index contributed by atoms with van der Waals surface area (Å²) in [4.78, 5) is 4.29. The van der Waals surface area contributed by atoms with E-state index in [1.54, 1.807) is 16.8 Å². The molecule has 0 radical (unpaired) electrons. The first kappa shape index (κ1) is 7.09. The van der Waals surface area contributed by atoms with E-state index in [4.69, 9.17) is 5.73 Å². The molecule has 0 amide bonds. The largest absolute Gasteiger partial charge is 0.396 e. The maximum Gasteiger partial charge on any atom is 0.177 e. The monoisotopic (exact) mass is 162 g/mol. The summed E-state index contributed by atoms with van der Waals surface area (Å²) in [6.07, 6.45) is 1.68. The molecule has 12 heavy (non-hydrogen) atoms. The predicted molar refractivity (Wildman–Crippen MR) is 46.9 cm³/mol. The molecule has 0 saturated heterocycles. The van der Waals surface area contributed by atoms with Gasteiger partial charge in [-0.05, 0) is 19.9 Å². The zero-order valence-electron chi connectivity index (χ0n) is 7.07. The maximum absolute atomic E-state index is 5.72. The van der Waals surface area contributed by atoms with Crippen molar-refractivity contribution in [3.8, 4) is 0 Å². The number of nitrogens with zero attached hydrogens (tertiary/aromatic N) is 3. The van der Waals surface area contributed by atoms with Gasteiger partial charge in [-0.15, -0.1) is 0 Å². The Morgan fingerprint density at radius 1 is 1.42 bits per heavy atom. The van der Waals surface area contributed by atoms with Crippen LogP contribution in [0.1, 0.15) is 11.4 Å². The highest BCUT2D eigenvalue weighted by Crippen LogP contribution is 2.13. The lowest BCUT2D eigenvalue weighted by atomic mass is 10.4. The second-order valence-electron chi connectivity index (χ2n) is 2.80. The summed E-state index contributed by atoms with van der Waals surface area (Å²) in [5.41, 5.74) is 9.14. The molecule has 2 aromatic rings. The molecular weight excluding hydrogens is 152 g/mol. The van der Waals surface area contributed by atoms with Gasteiger partial charge < -0.3 is 5.73 Å². The molecule has 0 spiro atoms. The molecule has 0 aromatic carbocycles. The molecule has 4 heteroatoms. The molecule has 0 aliphatic carbocycles. The van der Waals surface area contributed by atoms with Crippen molar-refractivity contribution in [2.24, 2.45) is 0 Å². The van der Waals surface area contributed by atoms with Crippen LogP contribution in [0.3, 0.4) is 0 Å². The van der Waals surface area contributed by atoms with Crippen LogP contribution >= 0.6 is 0 Å². The van der Waals surface area contributed by atoms with Crippen molar-refractivity contribution in [2.45, 2.75) is 13.8 Å². The summed E-state index contributed by atoms with van der Waals surface area (Å²) in [5, 5.41) is 4.14. The third-order valence-electron chi connectivity index (χ3n) is 2.01. The van der Waals surface area contributed by atoms with Crippen LogP contribution in [-0.2, 0) is 0 Å². The highest BCUT2D eigenvalue weighted by atomic mass is 15.3. The molecule has 0 saturated carbocycles. The Morgan fingerprint density at radius 2 is 2.17 bits per heavy atom. The van der Waals surface area contributed by atoms with Crippen LogP contribution in [0.4, 0.5) is 5.69 Å². The molecule has 2 aromatic heterocycles. The topological polar surface area (TPSA) is 56.2 Å². The van der Waals surface area contributed by atoms with E-state index in [-0.39, 0.29) is 0 Å². The van der Waals surface area contributed by atoms with E-state index >= 15 is 0 Å². The van der Waals surface area contributed by atoms with Crippen molar-refractivity contribution in [1.29, 1.82) is 0 Å². The minimum Gasteiger partial charge on any atom is -0.396 e. The zero-order valence-corrected chi connectivity index (χ0v) is 7.07. The van der Waals surface area contributed by atoms with Crippen molar-refractivity contribution in [1.82, 2.24) is 14.6 Å². The van der Waals surface area contributed by atoms with Gasteiger partial charge in [0, 0.05) is 0 Å². The van der Waals surface area contributed by atoms with Gasteiger partial charge >= 0.3 is 0 Å². The number of imidazole rings is 1. The summed E-state index contributed by atoms with van der Waals surface area (Å²) in [6.45, 7) is 3.92. The first-order valence-electron chi connectivity index (χ1n) is 3.76. The Bertz CT molecular complexity index is 430. The first-order chi connectivity index (χ1) is 5.70. The summed E-state index contributed by atoms with van der Waals surface area (Å²) in [5.74, 6) is 0. The molecule has 0 aliphatic heterocycles. The molecule has 2 heterocycles. The van der Waals surface area contributed by atoms with Crippen LogP contribution in [0.15, 0.2) is 12.3 Å². The molecule has 0 aliphatic rings. The predicted octanol–water partition coefficient (Wildman–Crippen LogP) is 0.928. The van der Waals surface area contributed by atoms with Crippen molar-refractivity contribution in [3.05, 3.63) is 23.7 Å². The fourth-order valence-corrected chi connectivity index (χ4v) is 1.18. The van der Waals surface area contributed by atoms with Crippen molar-refractivity contribution < 1.29 is 0 Å². The minimum absolute atomic E-state index is 0.668. The zero-order chi connectivity index (χ0) is 8.72. The van der Waals surface area contributed by atoms with E-state index < -0.39 is 0 Å². The van der Waals surface area contributed by atoms with Crippen LogP contribution in [-0.4, -0.2) is 14.6 Å². The van der Waals surface area contributed by atoms with Gasteiger partial charge in [0.15, 0.2) is 5.65 Å². The lowest BCUT2D eigenvalue weighted by Crippen LogP contribution is -1.96. The number of fused-ring (bicyclic) bond motifs is 1. The van der Waals surface area contributed by atoms with Gasteiger partial charge in [0.2, 0.25) is 0 Å². The molecule has 62 valence electrons. The van der Waals surface area contributed by atoms with E-state index in [0.717, 1.165) is 17.0 Å². The normalized spacial score (nSPS) is 10.8. The number of nitrogens with two attached hydrogens (primary N) is 1. The van der Waals surface area contributed by atoms with E-state index in [1.807, 2.05) is 13.8 Å². The standard InChI is InChI=1S/C8H10N4/c1-5-6(2)12-8(11-5)7(9)3-4-10-12/h3-4H,9H2,1-2H3. The second-order valence-corrected chi connectivity index (χ2v) is 2.80. The highest BCUT2D eigenvalue weighted by molar-refractivity contribution is 5.64. The quantitative estimate of drug-likeness (QED) is 0.627. The Balaban J connectivity index is 2.95. The molecule has 0 atom stereocenters. The minimum atomic E-state index is 0.668. The third kappa shape index (κ3) is 0.777. The van der Waals surface area contributed by atoms with Gasteiger partial charge in [-0.2, -0.15) is 5.10 Å². The molecule has 2 rings (SSSR count). The van der Waals surface area contributed by atoms with Crippen LogP contribution in [0.2, 0.25) is 0 Å². The number of aromatic nitrogens is 3. The number of rotatable bonds is 0. The van der Waals surface area contributed by atoms with Gasteiger partial charge in [0.1, 0.15) is 0 Å². The summed E-state index contributed by atoms with van der Waals surface area (Å²) in [7, 11) is 0. The third-order valence-corrected chi connectivity index (χ3v) is 2.01. The fraction of sp³-hybridized carbons (Fsp3) is 0.250. The lowest BCUT2D eigenvalue weighted by Gasteiger charge is -1.95. The van der Waals surface area contributed by atoms with E-state index in [2.05, 4.69) is 10.1 Å². The average molecular weight is 162 g/mol. The Kier molecular flexibility index (Phi) is 1.30. The van der Waals surface area contributed by atoms with Crippen LogP contribution in [0.25, 0.3) is 5.65 Å². The molecular formula is C8H10N4. The molecule has 0 unspecified atom stereocenters. The summed E-state index contributed by atoms with van der Waals surface area (Å²) < 4.78 is 1.75. The van der Waals surface area contributed by atoms with Crippen LogP contribution in [0, 0.1) is 13.8 Å². The molecule has 4 nitrogen and oxygen atoms in total. The van der Waals surface area contributed by atoms with Gasteiger partial charge in [0.25, 0.3) is 0 Å². The molecule has 0 bridgehead atoms. The van der Waals surface area contributed by atoms with E-state index in [0.29, 0.717) is 5.69 Å². The number of hydrogen-bond donors (Lipinski definition) is 1. The lowest BCUT2D eigenvalue weighted by molar-refractivity contribution is 0.897. The SMILES string of the molecule is Cc1nc2c(N)ccnn2c1C. The van der Waals surface area contributed by atoms with Gasteiger partial charge in [0.05, 0.1) is 23.3 Å². The van der Waals surface area contributed by atoms with Crippen LogP contribution < -0.4 is 5.73 Å². The van der Waals surface area contributed by atoms with Crippen molar-refractivity contribution in [3.63, 3.8) is 0 Å². The van der Waals surface area contributed by atoms with Crippen LogP contribution in [0.5, 0.6) is 0 Å². The van der Waals surface area contributed by atoms with Gasteiger partial charge in [-0.1, -0.05) is 0 Å². The Labute approximate surface area is 70.0 Å². The number of nitrogen functional groups attached to an aromatic ring is 1. The van der Waals surface area contributed by atoms with Crippen molar-refractivity contribution in [2.75, 3.05) is 5.73 Å². The molecule has 2 N–H and O–H groups in total. The number of aryl methyl sites for hydroxylation is 2. The van der Waals surface area contributed by atoms with E-state index in [9.17, 15) is 0 Å². The van der Waals surface area contributed by atoms with Gasteiger partial charge in [-0.25, -0.2) is 9.50 Å². The Hall–Kier alpha value is -1.58.